The average molecular weight is 288 g/mol. The molecule has 0 aliphatic heterocycles. The lowest BCUT2D eigenvalue weighted by Crippen LogP contribution is -2.13. The molecule has 0 aliphatic rings. The molecular formula is C15H13FN2O3. The summed E-state index contributed by atoms with van der Waals surface area (Å²) in [6.07, 6.45) is 0. The van der Waals surface area contributed by atoms with E-state index < -0.39 is 22.3 Å². The van der Waals surface area contributed by atoms with Gasteiger partial charge in [-0.15, -0.1) is 0 Å². The predicted octanol–water partition coefficient (Wildman–Crippen LogP) is 3.60. The van der Waals surface area contributed by atoms with E-state index in [2.05, 4.69) is 5.32 Å². The number of nitro benzene ring substituents is 1. The molecule has 0 atom stereocenters. The van der Waals surface area contributed by atoms with Crippen molar-refractivity contribution in [1.82, 2.24) is 0 Å². The molecule has 6 heteroatoms. The van der Waals surface area contributed by atoms with Crippen LogP contribution in [0.1, 0.15) is 21.5 Å². The summed E-state index contributed by atoms with van der Waals surface area (Å²) in [4.78, 5) is 21.7. The molecule has 0 spiro atoms. The Morgan fingerprint density at radius 3 is 2.48 bits per heavy atom. The molecule has 2 rings (SSSR count). The van der Waals surface area contributed by atoms with Gasteiger partial charge >= 0.3 is 5.69 Å². The van der Waals surface area contributed by atoms with Gasteiger partial charge in [0.1, 0.15) is 0 Å². The minimum absolute atomic E-state index is 0.0260. The fraction of sp³-hybridized carbons (Fsp3) is 0.133. The first-order chi connectivity index (χ1) is 9.88. The van der Waals surface area contributed by atoms with E-state index in [9.17, 15) is 19.3 Å². The van der Waals surface area contributed by atoms with E-state index in [1.165, 1.54) is 6.07 Å². The second-order valence-corrected chi connectivity index (χ2v) is 4.70. The zero-order valence-electron chi connectivity index (χ0n) is 11.5. The highest BCUT2D eigenvalue weighted by Crippen LogP contribution is 2.20. The topological polar surface area (TPSA) is 72.2 Å². The third-order valence-corrected chi connectivity index (χ3v) is 3.04. The molecule has 108 valence electrons. The Hall–Kier alpha value is -2.76. The first-order valence-electron chi connectivity index (χ1n) is 6.21. The molecule has 0 saturated heterocycles. The van der Waals surface area contributed by atoms with Crippen LogP contribution in [-0.2, 0) is 0 Å². The van der Waals surface area contributed by atoms with Gasteiger partial charge in [0.15, 0.2) is 0 Å². The predicted molar refractivity (Wildman–Crippen MR) is 76.9 cm³/mol. The lowest BCUT2D eigenvalue weighted by atomic mass is 10.1. The van der Waals surface area contributed by atoms with Crippen molar-refractivity contribution in [3.8, 4) is 0 Å². The number of amides is 1. The summed E-state index contributed by atoms with van der Waals surface area (Å²) in [5.41, 5.74) is 1.93. The number of hydrogen-bond donors (Lipinski definition) is 1. The number of aryl methyl sites for hydroxylation is 2. The van der Waals surface area contributed by atoms with E-state index in [1.807, 2.05) is 26.0 Å². The Bertz CT molecular complexity index is 729. The minimum atomic E-state index is -1.03. The third-order valence-electron chi connectivity index (χ3n) is 3.04. The van der Waals surface area contributed by atoms with Crippen LogP contribution in [0.15, 0.2) is 36.4 Å². The van der Waals surface area contributed by atoms with Gasteiger partial charge in [-0.2, -0.15) is 4.39 Å². The average Bonchev–Trinajstić information content (AvgIpc) is 2.41. The van der Waals surface area contributed by atoms with Gasteiger partial charge in [0.2, 0.25) is 5.82 Å². The van der Waals surface area contributed by atoms with Crippen LogP contribution in [0.4, 0.5) is 15.8 Å². The van der Waals surface area contributed by atoms with Crippen molar-refractivity contribution in [3.63, 3.8) is 0 Å². The summed E-state index contributed by atoms with van der Waals surface area (Å²) in [6.45, 7) is 3.78. The minimum Gasteiger partial charge on any atom is -0.322 e. The first kappa shape index (κ1) is 14.6. The van der Waals surface area contributed by atoms with Crippen molar-refractivity contribution < 1.29 is 14.1 Å². The molecule has 0 fully saturated rings. The van der Waals surface area contributed by atoms with E-state index in [0.717, 1.165) is 23.3 Å². The molecule has 5 nitrogen and oxygen atoms in total. The number of nitrogens with one attached hydrogen (secondary N) is 1. The molecule has 2 aromatic rings. The van der Waals surface area contributed by atoms with Crippen LogP contribution < -0.4 is 5.32 Å². The van der Waals surface area contributed by atoms with E-state index in [1.54, 1.807) is 6.07 Å². The summed E-state index contributed by atoms with van der Waals surface area (Å²) < 4.78 is 13.5. The number of rotatable bonds is 3. The molecule has 0 heterocycles. The van der Waals surface area contributed by atoms with Crippen molar-refractivity contribution >= 4 is 17.3 Å². The molecule has 1 amide bonds. The molecule has 0 unspecified atom stereocenters. The molecule has 1 N–H and O–H groups in total. The monoisotopic (exact) mass is 288 g/mol. The number of benzene rings is 2. The Kier molecular flexibility index (Phi) is 3.98. The zero-order chi connectivity index (χ0) is 15.6. The highest BCUT2D eigenvalue weighted by atomic mass is 19.1. The Labute approximate surface area is 120 Å². The second kappa shape index (κ2) is 5.70. The molecule has 2 aromatic carbocycles. The maximum absolute atomic E-state index is 13.5. The van der Waals surface area contributed by atoms with Crippen LogP contribution in [0.3, 0.4) is 0 Å². The highest BCUT2D eigenvalue weighted by molar-refractivity contribution is 6.04. The molecular weight excluding hydrogens is 275 g/mol. The number of anilines is 1. The first-order valence-corrected chi connectivity index (χ1v) is 6.21. The van der Waals surface area contributed by atoms with Gasteiger partial charge in [-0.1, -0.05) is 17.7 Å². The fourth-order valence-electron chi connectivity index (χ4n) is 1.94. The molecule has 0 radical (unpaired) electrons. The van der Waals surface area contributed by atoms with Gasteiger partial charge in [-0.05, 0) is 37.6 Å². The maximum Gasteiger partial charge on any atom is 0.304 e. The Balaban J connectivity index is 2.24. The summed E-state index contributed by atoms with van der Waals surface area (Å²) in [7, 11) is 0. The SMILES string of the molecule is Cc1ccc(NC(=O)c2ccc([N+](=O)[O-])c(F)c2)c(C)c1. The second-order valence-electron chi connectivity index (χ2n) is 4.70. The van der Waals surface area contributed by atoms with Gasteiger partial charge in [0.25, 0.3) is 5.91 Å². The van der Waals surface area contributed by atoms with Gasteiger partial charge in [-0.3, -0.25) is 14.9 Å². The van der Waals surface area contributed by atoms with E-state index in [4.69, 9.17) is 0 Å². The molecule has 0 saturated carbocycles. The number of nitrogens with zero attached hydrogens (tertiary/aromatic N) is 1. The standard InChI is InChI=1S/C15H13FN2O3/c1-9-3-5-13(10(2)7-9)17-15(19)11-4-6-14(18(20)21)12(16)8-11/h3-8H,1-2H3,(H,17,19). The number of carbonyl (C=O) groups excluding carboxylic acids is 1. The lowest BCUT2D eigenvalue weighted by molar-refractivity contribution is -0.387. The number of carbonyl (C=O) groups is 1. The maximum atomic E-state index is 13.5. The van der Waals surface area contributed by atoms with Gasteiger partial charge in [-0.25, -0.2) is 0 Å². The van der Waals surface area contributed by atoms with Crippen LogP contribution in [-0.4, -0.2) is 10.8 Å². The van der Waals surface area contributed by atoms with Crippen molar-refractivity contribution in [2.24, 2.45) is 0 Å². The summed E-state index contributed by atoms with van der Waals surface area (Å²) >= 11 is 0. The number of nitro groups is 1. The normalized spacial score (nSPS) is 10.2. The number of hydrogen-bond acceptors (Lipinski definition) is 3. The van der Waals surface area contributed by atoms with Gasteiger partial charge in [0.05, 0.1) is 4.92 Å². The molecule has 0 aliphatic carbocycles. The smallest absolute Gasteiger partial charge is 0.304 e. The fourth-order valence-corrected chi connectivity index (χ4v) is 1.94. The van der Waals surface area contributed by atoms with Crippen LogP contribution in [0, 0.1) is 29.8 Å². The lowest BCUT2D eigenvalue weighted by Gasteiger charge is -2.09. The van der Waals surface area contributed by atoms with Gasteiger partial charge in [0, 0.05) is 17.3 Å². The van der Waals surface area contributed by atoms with E-state index in [0.29, 0.717) is 5.69 Å². The van der Waals surface area contributed by atoms with Crippen molar-refractivity contribution in [2.75, 3.05) is 5.32 Å². The third kappa shape index (κ3) is 3.22. The molecule has 21 heavy (non-hydrogen) atoms. The van der Waals surface area contributed by atoms with Crippen molar-refractivity contribution in [2.45, 2.75) is 13.8 Å². The van der Waals surface area contributed by atoms with Crippen molar-refractivity contribution in [1.29, 1.82) is 0 Å². The quantitative estimate of drug-likeness (QED) is 0.692. The van der Waals surface area contributed by atoms with Gasteiger partial charge < -0.3 is 5.32 Å². The molecule has 0 aromatic heterocycles. The summed E-state index contributed by atoms with van der Waals surface area (Å²) in [5.74, 6) is -1.55. The number of halogens is 1. The van der Waals surface area contributed by atoms with Crippen LogP contribution in [0.2, 0.25) is 0 Å². The summed E-state index contributed by atoms with van der Waals surface area (Å²) in [6, 6.07) is 8.57. The van der Waals surface area contributed by atoms with Crippen LogP contribution in [0.5, 0.6) is 0 Å². The summed E-state index contributed by atoms with van der Waals surface area (Å²) in [5, 5.41) is 13.2. The van der Waals surface area contributed by atoms with Crippen LogP contribution in [0.25, 0.3) is 0 Å². The van der Waals surface area contributed by atoms with E-state index >= 15 is 0 Å². The largest absolute Gasteiger partial charge is 0.322 e. The highest BCUT2D eigenvalue weighted by Gasteiger charge is 2.17. The Morgan fingerprint density at radius 1 is 1.19 bits per heavy atom. The Morgan fingerprint density at radius 2 is 1.90 bits per heavy atom. The van der Waals surface area contributed by atoms with Crippen LogP contribution >= 0.6 is 0 Å². The van der Waals surface area contributed by atoms with E-state index in [-0.39, 0.29) is 5.56 Å². The zero-order valence-corrected chi connectivity index (χ0v) is 11.5. The van der Waals surface area contributed by atoms with Crippen molar-refractivity contribution in [3.05, 3.63) is 69.0 Å². The molecule has 0 bridgehead atoms.